The Hall–Kier alpha value is -2.03. The lowest BCUT2D eigenvalue weighted by Crippen LogP contribution is -2.20. The van der Waals surface area contributed by atoms with Crippen LogP contribution in [0.4, 0.5) is 0 Å². The molecule has 1 aliphatic heterocycles. The fraction of sp³-hybridized carbons (Fsp3) is 0.412. The fourth-order valence-electron chi connectivity index (χ4n) is 3.05. The predicted octanol–water partition coefficient (Wildman–Crippen LogP) is 3.80. The Bertz CT molecular complexity index is 791. The Morgan fingerprint density at radius 1 is 1.57 bits per heavy atom. The van der Waals surface area contributed by atoms with Gasteiger partial charge in [-0.2, -0.15) is 5.26 Å². The minimum Gasteiger partial charge on any atom is -0.430 e. The number of fused-ring (bicyclic) bond motifs is 3. The van der Waals surface area contributed by atoms with Crippen molar-refractivity contribution in [3.05, 3.63) is 34.0 Å². The first-order valence-electron chi connectivity index (χ1n) is 7.59. The van der Waals surface area contributed by atoms with E-state index in [9.17, 15) is 4.79 Å². The van der Waals surface area contributed by atoms with Crippen molar-refractivity contribution < 1.29 is 14.3 Å². The number of unbranched alkanes of at least 4 members (excludes halogenated alkanes) is 1. The van der Waals surface area contributed by atoms with Gasteiger partial charge < -0.3 is 14.5 Å². The molecule has 0 aliphatic carbocycles. The third-order valence-electron chi connectivity index (χ3n) is 3.99. The molecule has 1 N–H and O–H groups in total. The largest absolute Gasteiger partial charge is 0.430 e. The highest BCUT2D eigenvalue weighted by Crippen LogP contribution is 2.38. The molecule has 5 nitrogen and oxygen atoms in total. The quantitative estimate of drug-likeness (QED) is 0.682. The molecule has 0 saturated carbocycles. The average molecular weight is 333 g/mol. The molecule has 0 bridgehead atoms. The van der Waals surface area contributed by atoms with Crippen molar-refractivity contribution >= 4 is 28.5 Å². The second-order valence-corrected chi connectivity index (χ2v) is 5.95. The van der Waals surface area contributed by atoms with Crippen LogP contribution >= 0.6 is 11.6 Å². The number of aromatic nitrogens is 1. The number of ether oxygens (including phenoxy) is 2. The van der Waals surface area contributed by atoms with Gasteiger partial charge in [0.25, 0.3) is 0 Å². The van der Waals surface area contributed by atoms with Gasteiger partial charge in [0.15, 0.2) is 0 Å². The van der Waals surface area contributed by atoms with Crippen LogP contribution in [0.1, 0.15) is 42.9 Å². The minimum atomic E-state index is -0.716. The summed E-state index contributed by atoms with van der Waals surface area (Å²) in [6.45, 7) is 1.85. The Labute approximate surface area is 139 Å². The molecule has 0 saturated heterocycles. The lowest BCUT2D eigenvalue weighted by atomic mass is 9.98. The number of H-pyrrole nitrogens is 1. The molecule has 1 aromatic carbocycles. The second kappa shape index (κ2) is 6.61. The van der Waals surface area contributed by atoms with Crippen LogP contribution in [0.2, 0.25) is 5.02 Å². The summed E-state index contributed by atoms with van der Waals surface area (Å²) in [4.78, 5) is 14.5. The zero-order valence-corrected chi connectivity index (χ0v) is 13.6. The maximum absolute atomic E-state index is 11.3. The van der Waals surface area contributed by atoms with Gasteiger partial charge in [-0.25, -0.2) is 0 Å². The Balaban J connectivity index is 2.08. The summed E-state index contributed by atoms with van der Waals surface area (Å²) in [5.41, 5.74) is 3.84. The predicted molar refractivity (Wildman–Crippen MR) is 86.0 cm³/mol. The van der Waals surface area contributed by atoms with E-state index in [1.807, 2.05) is 12.1 Å². The van der Waals surface area contributed by atoms with Gasteiger partial charge in [0.2, 0.25) is 6.29 Å². The van der Waals surface area contributed by atoms with E-state index in [-0.39, 0.29) is 5.97 Å². The summed E-state index contributed by atoms with van der Waals surface area (Å²) < 4.78 is 10.8. The Morgan fingerprint density at radius 3 is 3.13 bits per heavy atom. The van der Waals surface area contributed by atoms with E-state index in [0.29, 0.717) is 18.1 Å². The maximum atomic E-state index is 11.3. The van der Waals surface area contributed by atoms with Crippen LogP contribution in [-0.4, -0.2) is 17.6 Å². The Kier molecular flexibility index (Phi) is 4.56. The van der Waals surface area contributed by atoms with Crippen LogP contribution in [0.3, 0.4) is 0 Å². The van der Waals surface area contributed by atoms with Crippen molar-refractivity contribution in [3.63, 3.8) is 0 Å². The van der Waals surface area contributed by atoms with Gasteiger partial charge in [-0.05, 0) is 36.5 Å². The standard InChI is InChI=1S/C17H17ClN2O3/c1-10(21)23-17-15-12(7-9-22-17)14-11(4-2-3-8-19)5-6-13(18)16(14)20-15/h5-6,17,20H,2-4,7,9H2,1H3. The molecule has 120 valence electrons. The topological polar surface area (TPSA) is 75.1 Å². The van der Waals surface area contributed by atoms with E-state index in [2.05, 4.69) is 11.1 Å². The van der Waals surface area contributed by atoms with Gasteiger partial charge in [-0.1, -0.05) is 17.7 Å². The normalized spacial score (nSPS) is 16.8. The van der Waals surface area contributed by atoms with Crippen molar-refractivity contribution in [2.75, 3.05) is 6.61 Å². The highest BCUT2D eigenvalue weighted by molar-refractivity contribution is 6.35. The van der Waals surface area contributed by atoms with Crippen LogP contribution in [0.25, 0.3) is 10.9 Å². The Morgan fingerprint density at radius 2 is 2.39 bits per heavy atom. The van der Waals surface area contributed by atoms with Gasteiger partial charge in [0.1, 0.15) is 0 Å². The van der Waals surface area contributed by atoms with Gasteiger partial charge >= 0.3 is 5.97 Å². The van der Waals surface area contributed by atoms with Gasteiger partial charge in [0, 0.05) is 18.7 Å². The number of nitrogens with zero attached hydrogens (tertiary/aromatic N) is 1. The fourth-order valence-corrected chi connectivity index (χ4v) is 3.26. The number of hydrogen-bond acceptors (Lipinski definition) is 4. The summed E-state index contributed by atoms with van der Waals surface area (Å²) in [6, 6.07) is 6.03. The molecule has 1 atom stereocenters. The number of aryl methyl sites for hydroxylation is 1. The third kappa shape index (κ3) is 3.05. The van der Waals surface area contributed by atoms with E-state index in [1.54, 1.807) is 0 Å². The number of aromatic amines is 1. The molecule has 0 fully saturated rings. The second-order valence-electron chi connectivity index (χ2n) is 5.55. The zero-order valence-electron chi connectivity index (χ0n) is 12.8. The smallest absolute Gasteiger partial charge is 0.305 e. The summed E-state index contributed by atoms with van der Waals surface area (Å²) >= 11 is 6.33. The molecule has 0 amide bonds. The van der Waals surface area contributed by atoms with E-state index in [1.165, 1.54) is 6.92 Å². The summed E-state index contributed by atoms with van der Waals surface area (Å²) in [5.74, 6) is -0.387. The van der Waals surface area contributed by atoms with Crippen molar-refractivity contribution in [3.8, 4) is 6.07 Å². The molecule has 3 rings (SSSR count). The van der Waals surface area contributed by atoms with Crippen LogP contribution < -0.4 is 0 Å². The zero-order chi connectivity index (χ0) is 16.4. The van der Waals surface area contributed by atoms with E-state index in [4.69, 9.17) is 26.3 Å². The lowest BCUT2D eigenvalue weighted by Gasteiger charge is -2.22. The van der Waals surface area contributed by atoms with Gasteiger partial charge in [-0.15, -0.1) is 0 Å². The maximum Gasteiger partial charge on any atom is 0.305 e. The number of carbonyl (C=O) groups is 1. The number of carbonyl (C=O) groups excluding carboxylic acids is 1. The van der Waals surface area contributed by atoms with Crippen LogP contribution in [0, 0.1) is 11.3 Å². The molecule has 0 spiro atoms. The van der Waals surface area contributed by atoms with Crippen LogP contribution in [-0.2, 0) is 27.1 Å². The number of nitrogens with one attached hydrogen (secondary N) is 1. The first kappa shape index (κ1) is 15.9. The lowest BCUT2D eigenvalue weighted by molar-refractivity contribution is -0.181. The SMILES string of the molecule is CC(=O)OC1OCCc2c1[nH]c1c(Cl)ccc(CCCC#N)c21. The summed E-state index contributed by atoms with van der Waals surface area (Å²) in [6.07, 6.45) is 2.16. The number of nitriles is 1. The molecular formula is C17H17ClN2O3. The van der Waals surface area contributed by atoms with Crippen molar-refractivity contribution in [2.24, 2.45) is 0 Å². The third-order valence-corrected chi connectivity index (χ3v) is 4.31. The molecular weight excluding hydrogens is 316 g/mol. The number of benzene rings is 1. The van der Waals surface area contributed by atoms with Crippen molar-refractivity contribution in [2.45, 2.75) is 38.9 Å². The van der Waals surface area contributed by atoms with E-state index >= 15 is 0 Å². The average Bonchev–Trinajstić information content (AvgIpc) is 2.91. The number of halogens is 1. The molecule has 1 aromatic heterocycles. The van der Waals surface area contributed by atoms with Crippen molar-refractivity contribution in [1.82, 2.24) is 4.98 Å². The van der Waals surface area contributed by atoms with E-state index in [0.717, 1.165) is 47.0 Å². The highest BCUT2D eigenvalue weighted by atomic mass is 35.5. The summed E-state index contributed by atoms with van der Waals surface area (Å²) in [5, 5.41) is 10.4. The van der Waals surface area contributed by atoms with Crippen LogP contribution in [0.5, 0.6) is 0 Å². The molecule has 2 aromatic rings. The van der Waals surface area contributed by atoms with Gasteiger partial charge in [-0.3, -0.25) is 4.79 Å². The molecule has 2 heterocycles. The minimum absolute atomic E-state index is 0.387. The molecule has 6 heteroatoms. The monoisotopic (exact) mass is 332 g/mol. The van der Waals surface area contributed by atoms with Crippen LogP contribution in [0.15, 0.2) is 12.1 Å². The van der Waals surface area contributed by atoms with E-state index < -0.39 is 6.29 Å². The summed E-state index contributed by atoms with van der Waals surface area (Å²) in [7, 11) is 0. The molecule has 0 radical (unpaired) electrons. The number of rotatable bonds is 4. The number of hydrogen-bond donors (Lipinski definition) is 1. The number of esters is 1. The molecule has 23 heavy (non-hydrogen) atoms. The van der Waals surface area contributed by atoms with Crippen molar-refractivity contribution in [1.29, 1.82) is 5.26 Å². The molecule has 1 aliphatic rings. The van der Waals surface area contributed by atoms with Gasteiger partial charge in [0.05, 0.1) is 28.9 Å². The first-order chi connectivity index (χ1) is 11.1. The first-order valence-corrected chi connectivity index (χ1v) is 7.97. The molecule has 1 unspecified atom stereocenters. The highest BCUT2D eigenvalue weighted by Gasteiger charge is 2.28.